The van der Waals surface area contributed by atoms with Crippen molar-refractivity contribution < 1.29 is 28.3 Å². The first-order chi connectivity index (χ1) is 10.8. The second kappa shape index (κ2) is 7.12. The lowest BCUT2D eigenvalue weighted by atomic mass is 10.1. The van der Waals surface area contributed by atoms with Crippen LogP contribution in [0.1, 0.15) is 11.1 Å². The summed E-state index contributed by atoms with van der Waals surface area (Å²) in [4.78, 5) is 0.407. The zero-order valence-electron chi connectivity index (χ0n) is 12.4. The molecule has 6 heteroatoms. The van der Waals surface area contributed by atoms with Gasteiger partial charge >= 0.3 is 12.0 Å². The third-order valence-corrected chi connectivity index (χ3v) is 3.54. The summed E-state index contributed by atoms with van der Waals surface area (Å²) in [5.74, 6) is -3.72. The van der Waals surface area contributed by atoms with Crippen LogP contribution in [0, 0.1) is 0 Å². The minimum atomic E-state index is -5.09. The zero-order chi connectivity index (χ0) is 16.9. The quantitative estimate of drug-likeness (QED) is 0.705. The van der Waals surface area contributed by atoms with Crippen LogP contribution >= 0.6 is 0 Å². The zero-order valence-corrected chi connectivity index (χ0v) is 12.4. The molecule has 3 nitrogen and oxygen atoms in total. The average molecular weight is 326 g/mol. The third kappa shape index (κ3) is 5.06. The molecule has 2 aromatic carbocycles. The van der Waals surface area contributed by atoms with Crippen LogP contribution in [0.3, 0.4) is 0 Å². The first-order valence-electron chi connectivity index (χ1n) is 7.21. The molecular formula is C17H19F3NO2+. The molecule has 0 aromatic heterocycles. The molecule has 0 amide bonds. The van der Waals surface area contributed by atoms with Gasteiger partial charge in [0.1, 0.15) is 19.6 Å². The van der Waals surface area contributed by atoms with Crippen molar-refractivity contribution in [1.29, 1.82) is 0 Å². The molecule has 2 rings (SSSR count). The predicted molar refractivity (Wildman–Crippen MR) is 79.3 cm³/mol. The van der Waals surface area contributed by atoms with Crippen LogP contribution in [-0.4, -0.2) is 28.7 Å². The molecule has 3 N–H and O–H groups in total. The molecule has 0 atom stereocenters. The molecule has 124 valence electrons. The van der Waals surface area contributed by atoms with E-state index in [1.807, 2.05) is 12.1 Å². The summed E-state index contributed by atoms with van der Waals surface area (Å²) in [6.45, 7) is -0.330. The van der Waals surface area contributed by atoms with Gasteiger partial charge in [0.2, 0.25) is 0 Å². The van der Waals surface area contributed by atoms with Gasteiger partial charge in [0.25, 0.3) is 0 Å². The molecule has 0 spiro atoms. The lowest BCUT2D eigenvalue weighted by molar-refractivity contribution is -0.939. The van der Waals surface area contributed by atoms with Gasteiger partial charge in [-0.15, -0.1) is 0 Å². The summed E-state index contributed by atoms with van der Waals surface area (Å²) >= 11 is 0. The maximum atomic E-state index is 12.8. The van der Waals surface area contributed by atoms with Gasteiger partial charge in [-0.25, -0.2) is 0 Å². The molecule has 0 saturated carbocycles. The molecule has 0 aliphatic rings. The van der Waals surface area contributed by atoms with E-state index < -0.39 is 18.5 Å². The highest BCUT2D eigenvalue weighted by atomic mass is 19.4. The first kappa shape index (κ1) is 17.5. The topological polar surface area (TPSA) is 44.9 Å². The van der Waals surface area contributed by atoms with Crippen LogP contribution < -0.4 is 4.90 Å². The SMILES string of the molecule is OC(O)(C[NH+](Cc1ccccc1)Cc1ccccc1)C(F)(F)F. The Morgan fingerprint density at radius 1 is 0.739 bits per heavy atom. The van der Waals surface area contributed by atoms with Gasteiger partial charge in [-0.1, -0.05) is 60.7 Å². The molecule has 0 unspecified atom stereocenters. The molecule has 2 aromatic rings. The van der Waals surface area contributed by atoms with Crippen molar-refractivity contribution in [3.8, 4) is 0 Å². The second-order valence-corrected chi connectivity index (χ2v) is 5.57. The van der Waals surface area contributed by atoms with Gasteiger partial charge in [0.05, 0.1) is 0 Å². The van der Waals surface area contributed by atoms with Crippen LogP contribution in [0.4, 0.5) is 13.2 Å². The number of aliphatic hydroxyl groups is 2. The number of rotatable bonds is 6. The van der Waals surface area contributed by atoms with E-state index in [2.05, 4.69) is 0 Å². The van der Waals surface area contributed by atoms with Crippen molar-refractivity contribution in [1.82, 2.24) is 0 Å². The average Bonchev–Trinajstić information content (AvgIpc) is 2.47. The van der Waals surface area contributed by atoms with E-state index in [1.165, 1.54) is 0 Å². The normalized spacial score (nSPS) is 12.6. The Kier molecular flexibility index (Phi) is 5.41. The second-order valence-electron chi connectivity index (χ2n) is 5.57. The van der Waals surface area contributed by atoms with Crippen LogP contribution in [0.2, 0.25) is 0 Å². The van der Waals surface area contributed by atoms with E-state index >= 15 is 0 Å². The Balaban J connectivity index is 2.17. The third-order valence-electron chi connectivity index (χ3n) is 3.54. The molecule has 0 radical (unpaired) electrons. The van der Waals surface area contributed by atoms with Crippen LogP contribution in [0.25, 0.3) is 0 Å². The Hall–Kier alpha value is -1.89. The summed E-state index contributed by atoms with van der Waals surface area (Å²) in [7, 11) is 0. The number of alkyl halides is 3. The van der Waals surface area contributed by atoms with Crippen LogP contribution in [0.5, 0.6) is 0 Å². The highest BCUT2D eigenvalue weighted by Crippen LogP contribution is 2.26. The molecular weight excluding hydrogens is 307 g/mol. The van der Waals surface area contributed by atoms with Crippen molar-refractivity contribution in [2.24, 2.45) is 0 Å². The Morgan fingerprint density at radius 3 is 1.48 bits per heavy atom. The number of benzene rings is 2. The van der Waals surface area contributed by atoms with E-state index in [0.717, 1.165) is 11.1 Å². The summed E-state index contributed by atoms with van der Waals surface area (Å²) in [6, 6.07) is 18.0. The van der Waals surface area contributed by atoms with Crippen molar-refractivity contribution >= 4 is 0 Å². The summed E-state index contributed by atoms with van der Waals surface area (Å²) in [5.41, 5.74) is 1.66. The highest BCUT2D eigenvalue weighted by molar-refractivity contribution is 5.14. The number of halogens is 3. The monoisotopic (exact) mass is 326 g/mol. The number of quaternary nitrogens is 1. The minimum Gasteiger partial charge on any atom is -0.354 e. The number of hydrogen-bond donors (Lipinski definition) is 3. The number of hydrogen-bond acceptors (Lipinski definition) is 2. The summed E-state index contributed by atoms with van der Waals surface area (Å²) in [5, 5.41) is 18.8. The number of nitrogens with one attached hydrogen (secondary N) is 1. The van der Waals surface area contributed by atoms with E-state index in [1.54, 1.807) is 48.5 Å². The Labute approximate surface area is 132 Å². The maximum absolute atomic E-state index is 12.8. The Bertz CT molecular complexity index is 559. The van der Waals surface area contributed by atoms with Gasteiger partial charge in [0, 0.05) is 11.1 Å². The van der Waals surface area contributed by atoms with Crippen molar-refractivity contribution in [2.45, 2.75) is 25.1 Å². The molecule has 0 fully saturated rings. The largest absolute Gasteiger partial charge is 0.449 e. The van der Waals surface area contributed by atoms with E-state index in [4.69, 9.17) is 0 Å². The molecule has 0 aliphatic carbocycles. The smallest absolute Gasteiger partial charge is 0.354 e. The van der Waals surface area contributed by atoms with Gasteiger partial charge in [-0.3, -0.25) is 0 Å². The van der Waals surface area contributed by atoms with Crippen LogP contribution in [-0.2, 0) is 13.1 Å². The lowest BCUT2D eigenvalue weighted by Crippen LogP contribution is -3.12. The molecule has 0 bridgehead atoms. The molecule has 23 heavy (non-hydrogen) atoms. The van der Waals surface area contributed by atoms with Gasteiger partial charge in [0.15, 0.2) is 0 Å². The summed E-state index contributed by atoms with van der Waals surface area (Å²) in [6.07, 6.45) is -5.09. The van der Waals surface area contributed by atoms with Gasteiger partial charge < -0.3 is 15.1 Å². The molecule has 0 aliphatic heterocycles. The van der Waals surface area contributed by atoms with Gasteiger partial charge in [-0.2, -0.15) is 13.2 Å². The maximum Gasteiger partial charge on any atom is 0.449 e. The lowest BCUT2D eigenvalue weighted by Gasteiger charge is -2.29. The fourth-order valence-electron chi connectivity index (χ4n) is 2.41. The summed E-state index contributed by atoms with van der Waals surface area (Å²) < 4.78 is 38.3. The first-order valence-corrected chi connectivity index (χ1v) is 7.21. The van der Waals surface area contributed by atoms with Crippen molar-refractivity contribution in [3.63, 3.8) is 0 Å². The van der Waals surface area contributed by atoms with Crippen molar-refractivity contribution in [2.75, 3.05) is 6.54 Å². The van der Waals surface area contributed by atoms with Crippen molar-refractivity contribution in [3.05, 3.63) is 71.8 Å². The van der Waals surface area contributed by atoms with Crippen LogP contribution in [0.15, 0.2) is 60.7 Å². The van der Waals surface area contributed by atoms with E-state index in [0.29, 0.717) is 4.90 Å². The Morgan fingerprint density at radius 2 is 1.13 bits per heavy atom. The molecule has 0 heterocycles. The predicted octanol–water partition coefficient (Wildman–Crippen LogP) is 1.51. The fourth-order valence-corrected chi connectivity index (χ4v) is 2.41. The van der Waals surface area contributed by atoms with E-state index in [-0.39, 0.29) is 13.1 Å². The fraction of sp³-hybridized carbons (Fsp3) is 0.294. The van der Waals surface area contributed by atoms with Gasteiger partial charge in [-0.05, 0) is 0 Å². The highest BCUT2D eigenvalue weighted by Gasteiger charge is 2.55. The minimum absolute atomic E-state index is 0.259. The van der Waals surface area contributed by atoms with E-state index in [9.17, 15) is 23.4 Å². The standard InChI is InChI=1S/C17H18F3NO2/c18-17(19,20)16(22,23)13-21(11-14-7-3-1-4-8-14)12-15-9-5-2-6-10-15/h1-10,22-23H,11-13H2/p+1. The molecule has 0 saturated heterocycles.